The number of rotatable bonds is 9. The van der Waals surface area contributed by atoms with Crippen LogP contribution in [0.15, 0.2) is 71.8 Å². The van der Waals surface area contributed by atoms with Crippen LogP contribution in [0.2, 0.25) is 10.0 Å². The highest BCUT2D eigenvalue weighted by Crippen LogP contribution is 2.29. The van der Waals surface area contributed by atoms with Crippen molar-refractivity contribution in [2.75, 3.05) is 7.11 Å². The van der Waals surface area contributed by atoms with Crippen molar-refractivity contribution in [2.24, 2.45) is 5.10 Å². The number of ether oxygens (including phenoxy) is 3. The van der Waals surface area contributed by atoms with Crippen molar-refractivity contribution < 1.29 is 19.0 Å². The number of halogens is 2. The molecule has 0 heterocycles. The van der Waals surface area contributed by atoms with Gasteiger partial charge in [-0.15, -0.1) is 0 Å². The summed E-state index contributed by atoms with van der Waals surface area (Å²) in [6.07, 6.45) is 0.815. The van der Waals surface area contributed by atoms with E-state index in [1.807, 2.05) is 24.3 Å². The smallest absolute Gasteiger partial charge is 0.280 e. The average Bonchev–Trinajstić information content (AvgIpc) is 2.79. The van der Waals surface area contributed by atoms with Crippen LogP contribution in [0, 0.1) is 0 Å². The highest BCUT2D eigenvalue weighted by Gasteiger charge is 2.13. The molecule has 6 nitrogen and oxygen atoms in total. The number of methoxy groups -OCH3 is 1. The number of benzene rings is 3. The van der Waals surface area contributed by atoms with Gasteiger partial charge in [0.2, 0.25) is 0 Å². The first-order valence-electron chi connectivity index (χ1n) is 9.75. The van der Waals surface area contributed by atoms with Crippen molar-refractivity contribution in [3.05, 3.63) is 87.9 Å². The van der Waals surface area contributed by atoms with Gasteiger partial charge in [-0.1, -0.05) is 47.5 Å². The fraction of sp³-hybridized carbons (Fsp3) is 0.167. The van der Waals surface area contributed by atoms with E-state index in [2.05, 4.69) is 10.5 Å². The van der Waals surface area contributed by atoms with E-state index in [1.165, 1.54) is 6.21 Å². The molecule has 0 bridgehead atoms. The summed E-state index contributed by atoms with van der Waals surface area (Å²) >= 11 is 12.1. The van der Waals surface area contributed by atoms with E-state index >= 15 is 0 Å². The zero-order valence-electron chi connectivity index (χ0n) is 17.5. The molecule has 0 saturated carbocycles. The van der Waals surface area contributed by atoms with E-state index < -0.39 is 6.10 Å². The molecule has 0 radical (unpaired) electrons. The second-order valence-corrected chi connectivity index (χ2v) is 7.59. The largest absolute Gasteiger partial charge is 0.493 e. The van der Waals surface area contributed by atoms with Crippen LogP contribution < -0.4 is 19.6 Å². The predicted octanol–water partition coefficient (Wildman–Crippen LogP) is 5.50. The molecule has 0 spiro atoms. The lowest BCUT2D eigenvalue weighted by Crippen LogP contribution is -2.33. The van der Waals surface area contributed by atoms with Gasteiger partial charge in [0.15, 0.2) is 17.6 Å². The molecule has 1 amide bonds. The van der Waals surface area contributed by atoms with Gasteiger partial charge in [-0.05, 0) is 55.0 Å². The van der Waals surface area contributed by atoms with Crippen LogP contribution in [0.4, 0.5) is 0 Å². The standard InChI is InChI=1S/C24H22Cl2N2O4/c1-16(32-20-6-4-3-5-7-20)24(29)28-27-14-17-8-11-22(23(12-17)30-2)31-15-18-9-10-19(25)13-21(18)26/h3-14,16H,15H2,1-2H3,(H,28,29). The van der Waals surface area contributed by atoms with Crippen molar-refractivity contribution in [2.45, 2.75) is 19.6 Å². The fourth-order valence-corrected chi connectivity index (χ4v) is 3.16. The second-order valence-electron chi connectivity index (χ2n) is 6.74. The highest BCUT2D eigenvalue weighted by molar-refractivity contribution is 6.35. The Morgan fingerprint density at radius 3 is 2.56 bits per heavy atom. The zero-order chi connectivity index (χ0) is 22.9. The maximum Gasteiger partial charge on any atom is 0.280 e. The Morgan fingerprint density at radius 1 is 1.06 bits per heavy atom. The Balaban J connectivity index is 1.57. The lowest BCUT2D eigenvalue weighted by molar-refractivity contribution is -0.127. The number of hydrogen-bond acceptors (Lipinski definition) is 5. The van der Waals surface area contributed by atoms with Gasteiger partial charge >= 0.3 is 0 Å². The predicted molar refractivity (Wildman–Crippen MR) is 126 cm³/mol. The van der Waals surface area contributed by atoms with Crippen LogP contribution in [0.25, 0.3) is 0 Å². The van der Waals surface area contributed by atoms with E-state index in [1.54, 1.807) is 56.5 Å². The minimum absolute atomic E-state index is 0.259. The van der Waals surface area contributed by atoms with Crippen molar-refractivity contribution in [1.82, 2.24) is 5.43 Å². The molecule has 32 heavy (non-hydrogen) atoms. The van der Waals surface area contributed by atoms with Gasteiger partial charge in [-0.2, -0.15) is 5.10 Å². The molecule has 1 atom stereocenters. The molecule has 8 heteroatoms. The van der Waals surface area contributed by atoms with Crippen LogP contribution >= 0.6 is 23.2 Å². The molecule has 0 aliphatic carbocycles. The normalized spacial score (nSPS) is 11.8. The number of amides is 1. The molecule has 0 aliphatic rings. The van der Waals surface area contributed by atoms with Crippen LogP contribution in [-0.4, -0.2) is 25.3 Å². The average molecular weight is 473 g/mol. The third-order valence-corrected chi connectivity index (χ3v) is 4.99. The summed E-state index contributed by atoms with van der Waals surface area (Å²) < 4.78 is 16.8. The molecular weight excluding hydrogens is 451 g/mol. The first-order chi connectivity index (χ1) is 15.5. The van der Waals surface area contributed by atoms with Gasteiger partial charge in [0.1, 0.15) is 12.4 Å². The first kappa shape index (κ1) is 23.4. The number of nitrogens with zero attached hydrogens (tertiary/aromatic N) is 1. The van der Waals surface area contributed by atoms with Crippen LogP contribution in [-0.2, 0) is 11.4 Å². The van der Waals surface area contributed by atoms with Crippen LogP contribution in [0.3, 0.4) is 0 Å². The van der Waals surface area contributed by atoms with Gasteiger partial charge < -0.3 is 14.2 Å². The number of hydrogen-bond donors (Lipinski definition) is 1. The molecule has 3 rings (SSSR count). The van der Waals surface area contributed by atoms with E-state index in [9.17, 15) is 4.79 Å². The summed E-state index contributed by atoms with van der Waals surface area (Å²) in [7, 11) is 1.54. The lowest BCUT2D eigenvalue weighted by atomic mass is 10.2. The summed E-state index contributed by atoms with van der Waals surface area (Å²) in [6.45, 7) is 1.91. The maximum atomic E-state index is 12.2. The van der Waals surface area contributed by atoms with Crippen molar-refractivity contribution in [3.63, 3.8) is 0 Å². The van der Waals surface area contributed by atoms with Crippen LogP contribution in [0.5, 0.6) is 17.2 Å². The highest BCUT2D eigenvalue weighted by atomic mass is 35.5. The molecule has 1 N–H and O–H groups in total. The zero-order valence-corrected chi connectivity index (χ0v) is 19.1. The van der Waals surface area contributed by atoms with E-state index in [0.29, 0.717) is 27.3 Å². The third-order valence-electron chi connectivity index (χ3n) is 4.40. The molecule has 0 aromatic heterocycles. The van der Waals surface area contributed by atoms with Crippen molar-refractivity contribution in [3.8, 4) is 17.2 Å². The first-order valence-corrected chi connectivity index (χ1v) is 10.5. The topological polar surface area (TPSA) is 69.2 Å². The van der Waals surface area contributed by atoms with E-state index in [-0.39, 0.29) is 12.5 Å². The van der Waals surface area contributed by atoms with Crippen molar-refractivity contribution >= 4 is 35.3 Å². The van der Waals surface area contributed by atoms with E-state index in [4.69, 9.17) is 37.4 Å². The van der Waals surface area contributed by atoms with Crippen LogP contribution in [0.1, 0.15) is 18.1 Å². The monoisotopic (exact) mass is 472 g/mol. The van der Waals surface area contributed by atoms with Gasteiger partial charge in [-0.3, -0.25) is 4.79 Å². The Hall–Kier alpha value is -3.22. The van der Waals surface area contributed by atoms with E-state index in [0.717, 1.165) is 11.1 Å². The second kappa shape index (κ2) is 11.4. The maximum absolute atomic E-state index is 12.2. The quantitative estimate of drug-likeness (QED) is 0.329. The number of hydrazone groups is 1. The minimum Gasteiger partial charge on any atom is -0.493 e. The third kappa shape index (κ3) is 6.64. The summed E-state index contributed by atoms with van der Waals surface area (Å²) in [6, 6.07) is 19.6. The molecule has 0 aliphatic heterocycles. The van der Waals surface area contributed by atoms with Gasteiger partial charge in [0.25, 0.3) is 5.91 Å². The fourth-order valence-electron chi connectivity index (χ4n) is 2.70. The summed E-state index contributed by atoms with van der Waals surface area (Å²) in [4.78, 5) is 12.2. The lowest BCUT2D eigenvalue weighted by Gasteiger charge is -2.13. The Labute approximate surface area is 196 Å². The Bertz CT molecular complexity index is 1090. The minimum atomic E-state index is -0.695. The van der Waals surface area contributed by atoms with Gasteiger partial charge in [-0.25, -0.2) is 5.43 Å². The summed E-state index contributed by atoms with van der Waals surface area (Å²) in [5.41, 5.74) is 3.99. The Morgan fingerprint density at radius 2 is 1.84 bits per heavy atom. The van der Waals surface area contributed by atoms with Gasteiger partial charge in [0, 0.05) is 15.6 Å². The molecule has 3 aromatic carbocycles. The summed E-state index contributed by atoms with van der Waals surface area (Å²) in [5, 5.41) is 5.08. The number of carbonyl (C=O) groups excluding carboxylic acids is 1. The molecule has 0 saturated heterocycles. The SMILES string of the molecule is COc1cc(C=NNC(=O)C(C)Oc2ccccc2)ccc1OCc1ccc(Cl)cc1Cl. The Kier molecular flexibility index (Phi) is 8.36. The molecule has 1 unspecified atom stereocenters. The molecular formula is C24H22Cl2N2O4. The molecule has 166 valence electrons. The van der Waals surface area contributed by atoms with Gasteiger partial charge in [0.05, 0.1) is 13.3 Å². The number of nitrogens with one attached hydrogen (secondary N) is 1. The summed E-state index contributed by atoms with van der Waals surface area (Å²) in [5.74, 6) is 1.31. The van der Waals surface area contributed by atoms with Crippen molar-refractivity contribution in [1.29, 1.82) is 0 Å². The number of carbonyl (C=O) groups is 1. The molecule has 3 aromatic rings. The molecule has 0 fully saturated rings. The number of para-hydroxylation sites is 1.